The average molecular weight is 296 g/mol. The third-order valence-corrected chi connectivity index (χ3v) is 3.16. The quantitative estimate of drug-likeness (QED) is 0.484. The van der Waals surface area contributed by atoms with Crippen molar-refractivity contribution in [1.29, 1.82) is 0 Å². The summed E-state index contributed by atoms with van der Waals surface area (Å²) >= 11 is 0. The third-order valence-electron chi connectivity index (χ3n) is 3.16. The highest BCUT2D eigenvalue weighted by molar-refractivity contribution is 5.86. The number of hydrogen-bond acceptors (Lipinski definition) is 3. The molecule has 0 saturated heterocycles. The van der Waals surface area contributed by atoms with E-state index in [0.29, 0.717) is 18.4 Å². The number of nitrogens with one attached hydrogen (secondary N) is 1. The van der Waals surface area contributed by atoms with Crippen molar-refractivity contribution in [2.45, 2.75) is 26.4 Å². The Labute approximate surface area is 130 Å². The number of carbonyl (C=O) groups excluding carboxylic acids is 1. The summed E-state index contributed by atoms with van der Waals surface area (Å²) in [5.41, 5.74) is 3.25. The standard InChI is InChI=1S/C18H20N2O2/c1-4-8-17-19-15(11-14-9-6-5-7-10-14)16(20-17)12-22-18(21)13(2)3/h4-7,9-10H,1-2,8,11-12H2,3H3,(H,19,20). The molecule has 0 unspecified atom stereocenters. The summed E-state index contributed by atoms with van der Waals surface area (Å²) in [4.78, 5) is 19.3. The number of esters is 1. The lowest BCUT2D eigenvalue weighted by Gasteiger charge is -2.05. The second kappa shape index (κ2) is 7.41. The molecule has 1 heterocycles. The van der Waals surface area contributed by atoms with Gasteiger partial charge in [0.1, 0.15) is 12.4 Å². The van der Waals surface area contributed by atoms with Gasteiger partial charge in [0.15, 0.2) is 0 Å². The molecule has 4 heteroatoms. The van der Waals surface area contributed by atoms with Gasteiger partial charge in [-0.1, -0.05) is 43.0 Å². The molecule has 0 radical (unpaired) electrons. The normalized spacial score (nSPS) is 10.2. The van der Waals surface area contributed by atoms with E-state index in [4.69, 9.17) is 4.74 Å². The van der Waals surface area contributed by atoms with Gasteiger partial charge in [-0.2, -0.15) is 0 Å². The Kier molecular flexibility index (Phi) is 5.31. The van der Waals surface area contributed by atoms with Crippen molar-refractivity contribution < 1.29 is 9.53 Å². The van der Waals surface area contributed by atoms with Crippen molar-refractivity contribution >= 4 is 5.97 Å². The van der Waals surface area contributed by atoms with Crippen LogP contribution in [0, 0.1) is 0 Å². The van der Waals surface area contributed by atoms with Crippen LogP contribution in [0.5, 0.6) is 0 Å². The largest absolute Gasteiger partial charge is 0.456 e. The first-order chi connectivity index (χ1) is 10.6. The van der Waals surface area contributed by atoms with E-state index in [0.717, 1.165) is 22.8 Å². The summed E-state index contributed by atoms with van der Waals surface area (Å²) in [5.74, 6) is 0.424. The van der Waals surface area contributed by atoms with Crippen LogP contribution in [0.2, 0.25) is 0 Å². The lowest BCUT2D eigenvalue weighted by molar-refractivity contribution is -0.140. The maximum absolute atomic E-state index is 11.5. The molecule has 4 nitrogen and oxygen atoms in total. The molecule has 1 aromatic carbocycles. The lowest BCUT2D eigenvalue weighted by Crippen LogP contribution is -2.06. The third kappa shape index (κ3) is 4.19. The molecule has 0 aliphatic heterocycles. The van der Waals surface area contributed by atoms with E-state index >= 15 is 0 Å². The SMILES string of the molecule is C=CCc1nc(Cc2ccccc2)c(COC(=O)C(=C)C)[nH]1. The fraction of sp³-hybridized carbons (Fsp3) is 0.222. The number of allylic oxidation sites excluding steroid dienone is 1. The Balaban J connectivity index is 2.17. The van der Waals surface area contributed by atoms with E-state index in [1.54, 1.807) is 13.0 Å². The van der Waals surface area contributed by atoms with E-state index in [1.807, 2.05) is 30.3 Å². The summed E-state index contributed by atoms with van der Waals surface area (Å²) in [5, 5.41) is 0. The van der Waals surface area contributed by atoms with Crippen molar-refractivity contribution in [3.63, 3.8) is 0 Å². The van der Waals surface area contributed by atoms with Gasteiger partial charge in [0.25, 0.3) is 0 Å². The Hall–Kier alpha value is -2.62. The number of nitrogens with zero attached hydrogens (tertiary/aromatic N) is 1. The fourth-order valence-electron chi connectivity index (χ4n) is 2.05. The van der Waals surface area contributed by atoms with Gasteiger partial charge in [-0.25, -0.2) is 9.78 Å². The van der Waals surface area contributed by atoms with Crippen LogP contribution in [0.25, 0.3) is 0 Å². The first-order valence-corrected chi connectivity index (χ1v) is 7.14. The maximum Gasteiger partial charge on any atom is 0.333 e. The Morgan fingerprint density at radius 1 is 1.36 bits per heavy atom. The smallest absolute Gasteiger partial charge is 0.333 e. The van der Waals surface area contributed by atoms with Gasteiger partial charge in [-0.05, 0) is 12.5 Å². The molecule has 0 bridgehead atoms. The molecular formula is C18H20N2O2. The number of rotatable bonds is 7. The number of imidazole rings is 1. The minimum atomic E-state index is -0.398. The molecule has 0 aliphatic carbocycles. The Morgan fingerprint density at radius 2 is 2.09 bits per heavy atom. The molecular weight excluding hydrogens is 276 g/mol. The second-order valence-corrected chi connectivity index (χ2v) is 5.12. The molecule has 2 rings (SSSR count). The number of H-pyrrole nitrogens is 1. The summed E-state index contributed by atoms with van der Waals surface area (Å²) in [6, 6.07) is 10.1. The predicted molar refractivity (Wildman–Crippen MR) is 86.3 cm³/mol. The minimum absolute atomic E-state index is 0.165. The summed E-state index contributed by atoms with van der Waals surface area (Å²) in [6.45, 7) is 9.09. The van der Waals surface area contributed by atoms with Crippen LogP contribution in [0.4, 0.5) is 0 Å². The van der Waals surface area contributed by atoms with E-state index < -0.39 is 5.97 Å². The van der Waals surface area contributed by atoms with E-state index in [9.17, 15) is 4.79 Å². The predicted octanol–water partition coefficient (Wildman–Crippen LogP) is 3.35. The van der Waals surface area contributed by atoms with E-state index in [1.165, 1.54) is 0 Å². The zero-order chi connectivity index (χ0) is 15.9. The number of aromatic amines is 1. The van der Waals surface area contributed by atoms with Gasteiger partial charge in [0.2, 0.25) is 0 Å². The van der Waals surface area contributed by atoms with E-state index in [-0.39, 0.29) is 6.61 Å². The van der Waals surface area contributed by atoms with Crippen molar-refractivity contribution in [3.8, 4) is 0 Å². The minimum Gasteiger partial charge on any atom is -0.456 e. The molecule has 114 valence electrons. The van der Waals surface area contributed by atoms with Gasteiger partial charge in [-0.15, -0.1) is 6.58 Å². The van der Waals surface area contributed by atoms with Gasteiger partial charge < -0.3 is 9.72 Å². The number of benzene rings is 1. The van der Waals surface area contributed by atoms with Crippen LogP contribution in [-0.4, -0.2) is 15.9 Å². The Morgan fingerprint density at radius 3 is 2.73 bits per heavy atom. The Bertz CT molecular complexity index is 672. The first-order valence-electron chi connectivity index (χ1n) is 7.14. The van der Waals surface area contributed by atoms with Crippen LogP contribution < -0.4 is 0 Å². The molecule has 0 fully saturated rings. The molecule has 2 aromatic rings. The van der Waals surface area contributed by atoms with Crippen molar-refractivity contribution in [2.24, 2.45) is 0 Å². The van der Waals surface area contributed by atoms with Crippen LogP contribution in [-0.2, 0) is 29.0 Å². The lowest BCUT2D eigenvalue weighted by atomic mass is 10.1. The zero-order valence-electron chi connectivity index (χ0n) is 12.8. The zero-order valence-corrected chi connectivity index (χ0v) is 12.8. The van der Waals surface area contributed by atoms with Gasteiger partial charge in [0, 0.05) is 18.4 Å². The molecule has 1 N–H and O–H groups in total. The number of hydrogen-bond donors (Lipinski definition) is 1. The number of ether oxygens (including phenoxy) is 1. The van der Waals surface area contributed by atoms with Crippen LogP contribution in [0.1, 0.15) is 29.7 Å². The number of aromatic nitrogens is 2. The highest BCUT2D eigenvalue weighted by atomic mass is 16.5. The average Bonchev–Trinajstić information content (AvgIpc) is 2.88. The monoisotopic (exact) mass is 296 g/mol. The van der Waals surface area contributed by atoms with Gasteiger partial charge >= 0.3 is 5.97 Å². The van der Waals surface area contributed by atoms with Gasteiger partial charge in [0.05, 0.1) is 11.4 Å². The molecule has 0 spiro atoms. The molecule has 22 heavy (non-hydrogen) atoms. The highest BCUT2D eigenvalue weighted by Gasteiger charge is 2.13. The van der Waals surface area contributed by atoms with Crippen LogP contribution in [0.15, 0.2) is 55.1 Å². The number of carbonyl (C=O) groups is 1. The van der Waals surface area contributed by atoms with Crippen molar-refractivity contribution in [3.05, 3.63) is 77.9 Å². The van der Waals surface area contributed by atoms with Crippen molar-refractivity contribution in [1.82, 2.24) is 9.97 Å². The summed E-state index contributed by atoms with van der Waals surface area (Å²) in [7, 11) is 0. The topological polar surface area (TPSA) is 55.0 Å². The summed E-state index contributed by atoms with van der Waals surface area (Å²) in [6.07, 6.45) is 3.12. The van der Waals surface area contributed by atoms with Crippen LogP contribution >= 0.6 is 0 Å². The van der Waals surface area contributed by atoms with Gasteiger partial charge in [-0.3, -0.25) is 0 Å². The molecule has 1 aromatic heterocycles. The first kappa shape index (κ1) is 15.8. The fourth-order valence-corrected chi connectivity index (χ4v) is 2.05. The highest BCUT2D eigenvalue weighted by Crippen LogP contribution is 2.15. The molecule has 0 amide bonds. The summed E-state index contributed by atoms with van der Waals surface area (Å²) < 4.78 is 5.22. The van der Waals surface area contributed by atoms with Crippen molar-refractivity contribution in [2.75, 3.05) is 0 Å². The molecule has 0 atom stereocenters. The van der Waals surface area contributed by atoms with E-state index in [2.05, 4.69) is 23.1 Å². The maximum atomic E-state index is 11.5. The van der Waals surface area contributed by atoms with Crippen LogP contribution in [0.3, 0.4) is 0 Å². The molecule has 0 saturated carbocycles. The molecule has 0 aliphatic rings. The second-order valence-electron chi connectivity index (χ2n) is 5.12.